The number of thiocarbonyl (C=S) groups is 1. The van der Waals surface area contributed by atoms with Gasteiger partial charge in [0.15, 0.2) is 5.60 Å². The number of sulfonamides is 2. The van der Waals surface area contributed by atoms with Crippen LogP contribution in [0, 0.1) is 0 Å². The minimum atomic E-state index is -4.88. The summed E-state index contributed by atoms with van der Waals surface area (Å²) < 4.78 is 95.2. The second-order valence-electron chi connectivity index (χ2n) is 10.3. The number of hydrogen-bond donors (Lipinski definition) is 1. The van der Waals surface area contributed by atoms with E-state index in [1.165, 1.54) is 39.0 Å². The van der Waals surface area contributed by atoms with E-state index in [1.54, 1.807) is 12.2 Å². The SMILES string of the molecule is CC(O)(c1ccc(N2CCN(S(=O)(=O)C3=CC=CCC3=S)C[C@@H]2CN(C2CCC2)S(C)(=O)=O)cc1)C(F)(F)F. The highest BCUT2D eigenvalue weighted by Gasteiger charge is 2.51. The number of hydrogen-bond acceptors (Lipinski definition) is 7. The van der Waals surface area contributed by atoms with Crippen LogP contribution in [0.2, 0.25) is 0 Å². The Kier molecular flexibility index (Phi) is 8.39. The first-order chi connectivity index (χ1) is 18.0. The van der Waals surface area contributed by atoms with E-state index in [0.29, 0.717) is 36.7 Å². The fourth-order valence-electron chi connectivity index (χ4n) is 5.01. The normalized spacial score (nSPS) is 23.5. The Labute approximate surface area is 232 Å². The maximum absolute atomic E-state index is 13.5. The molecular weight excluding hydrogens is 575 g/mol. The minimum absolute atomic E-state index is 0.0148. The number of piperazine rings is 1. The number of benzene rings is 1. The number of rotatable bonds is 8. The van der Waals surface area contributed by atoms with E-state index in [0.717, 1.165) is 12.7 Å². The molecule has 0 aromatic heterocycles. The molecule has 1 unspecified atom stereocenters. The van der Waals surface area contributed by atoms with Gasteiger partial charge in [0.1, 0.15) is 0 Å². The molecule has 0 spiro atoms. The van der Waals surface area contributed by atoms with Gasteiger partial charge in [0.2, 0.25) is 20.0 Å². The van der Waals surface area contributed by atoms with Crippen molar-refractivity contribution in [1.82, 2.24) is 8.61 Å². The van der Waals surface area contributed by atoms with Crippen LogP contribution in [-0.2, 0) is 25.6 Å². The van der Waals surface area contributed by atoms with Crippen molar-refractivity contribution in [2.24, 2.45) is 0 Å². The topological polar surface area (TPSA) is 98.2 Å². The molecule has 1 aliphatic heterocycles. The zero-order chi connectivity index (χ0) is 28.8. The molecule has 8 nitrogen and oxygen atoms in total. The fourth-order valence-corrected chi connectivity index (χ4v) is 8.28. The number of allylic oxidation sites excluding steroid dienone is 4. The van der Waals surface area contributed by atoms with Gasteiger partial charge in [-0.1, -0.05) is 42.9 Å². The Balaban J connectivity index is 1.67. The molecule has 39 heavy (non-hydrogen) atoms. The molecule has 1 aromatic rings. The number of nitrogens with zero attached hydrogens (tertiary/aromatic N) is 3. The van der Waals surface area contributed by atoms with E-state index >= 15 is 0 Å². The van der Waals surface area contributed by atoms with Crippen LogP contribution in [-0.4, -0.2) is 86.1 Å². The maximum atomic E-state index is 13.5. The molecule has 14 heteroatoms. The summed E-state index contributed by atoms with van der Waals surface area (Å²) in [5.41, 5.74) is -2.89. The minimum Gasteiger partial charge on any atom is -0.376 e. The average Bonchev–Trinajstić information content (AvgIpc) is 2.81. The number of halogens is 3. The summed E-state index contributed by atoms with van der Waals surface area (Å²) in [6.45, 7) is 0.911. The van der Waals surface area contributed by atoms with Crippen LogP contribution in [0.3, 0.4) is 0 Å². The van der Waals surface area contributed by atoms with Crippen molar-refractivity contribution in [1.29, 1.82) is 0 Å². The van der Waals surface area contributed by atoms with Crippen LogP contribution in [0.4, 0.5) is 18.9 Å². The van der Waals surface area contributed by atoms with E-state index in [-0.39, 0.29) is 42.7 Å². The molecule has 3 aliphatic rings. The van der Waals surface area contributed by atoms with Gasteiger partial charge in [-0.25, -0.2) is 16.8 Å². The van der Waals surface area contributed by atoms with Crippen molar-refractivity contribution in [3.63, 3.8) is 0 Å². The van der Waals surface area contributed by atoms with Crippen LogP contribution in [0.25, 0.3) is 0 Å². The van der Waals surface area contributed by atoms with Crippen LogP contribution in [0.1, 0.15) is 38.2 Å². The van der Waals surface area contributed by atoms with Crippen LogP contribution in [0.5, 0.6) is 0 Å². The molecule has 216 valence electrons. The smallest absolute Gasteiger partial charge is 0.376 e. The summed E-state index contributed by atoms with van der Waals surface area (Å²) in [5.74, 6) is 0. The van der Waals surface area contributed by atoms with Gasteiger partial charge >= 0.3 is 6.18 Å². The molecule has 0 amide bonds. The van der Waals surface area contributed by atoms with Crippen molar-refractivity contribution in [3.8, 4) is 0 Å². The number of aliphatic hydroxyl groups is 1. The van der Waals surface area contributed by atoms with Gasteiger partial charge in [-0.2, -0.15) is 21.8 Å². The summed E-state index contributed by atoms with van der Waals surface area (Å²) in [6, 6.07) is 4.43. The van der Waals surface area contributed by atoms with Crippen molar-refractivity contribution in [2.45, 2.75) is 56.5 Å². The summed E-state index contributed by atoms with van der Waals surface area (Å²) in [6.07, 6.45) is 3.75. The van der Waals surface area contributed by atoms with E-state index in [1.807, 2.05) is 4.90 Å². The lowest BCUT2D eigenvalue weighted by molar-refractivity contribution is -0.258. The Morgan fingerprint density at radius 2 is 1.74 bits per heavy atom. The van der Waals surface area contributed by atoms with Crippen molar-refractivity contribution in [2.75, 3.05) is 37.3 Å². The second-order valence-corrected chi connectivity index (χ2v) is 14.7. The molecule has 1 saturated carbocycles. The van der Waals surface area contributed by atoms with Crippen molar-refractivity contribution < 1.29 is 35.1 Å². The lowest BCUT2D eigenvalue weighted by Crippen LogP contribution is -2.60. The molecule has 1 N–H and O–H groups in total. The first-order valence-corrected chi connectivity index (χ1v) is 16.3. The van der Waals surface area contributed by atoms with E-state index < -0.39 is 37.9 Å². The zero-order valence-electron chi connectivity index (χ0n) is 21.6. The monoisotopic (exact) mass is 607 g/mol. The summed E-state index contributed by atoms with van der Waals surface area (Å²) in [5, 5.41) is 10.0. The van der Waals surface area contributed by atoms with Gasteiger partial charge in [-0.05, 0) is 43.5 Å². The van der Waals surface area contributed by atoms with Gasteiger partial charge in [0.05, 0.1) is 17.2 Å². The third-order valence-electron chi connectivity index (χ3n) is 7.64. The largest absolute Gasteiger partial charge is 0.421 e. The average molecular weight is 608 g/mol. The van der Waals surface area contributed by atoms with Crippen LogP contribution in [0.15, 0.2) is 47.4 Å². The predicted octanol–water partition coefficient (Wildman–Crippen LogP) is 3.30. The molecule has 0 bridgehead atoms. The molecule has 2 atom stereocenters. The Hall–Kier alpha value is -1.84. The van der Waals surface area contributed by atoms with E-state index in [9.17, 15) is 35.1 Å². The molecule has 2 aliphatic carbocycles. The molecule has 2 fully saturated rings. The zero-order valence-corrected chi connectivity index (χ0v) is 24.1. The third kappa shape index (κ3) is 6.10. The maximum Gasteiger partial charge on any atom is 0.421 e. The summed E-state index contributed by atoms with van der Waals surface area (Å²) >= 11 is 5.29. The highest BCUT2D eigenvalue weighted by molar-refractivity contribution is 7.96. The highest BCUT2D eigenvalue weighted by Crippen LogP contribution is 2.39. The number of alkyl halides is 3. The molecule has 1 aromatic carbocycles. The van der Waals surface area contributed by atoms with Crippen molar-refractivity contribution in [3.05, 3.63) is 53.0 Å². The third-order valence-corrected chi connectivity index (χ3v) is 11.4. The lowest BCUT2D eigenvalue weighted by Gasteiger charge is -2.46. The van der Waals surface area contributed by atoms with E-state index in [2.05, 4.69) is 0 Å². The molecule has 1 heterocycles. The first kappa shape index (κ1) is 30.1. The van der Waals surface area contributed by atoms with E-state index in [4.69, 9.17) is 12.2 Å². The standard InChI is InChI=1S/C25H32F3N3O5S3/c1-24(32,25(26,27)28)18-10-12-19(13-11-18)30-15-14-29(39(35,36)23-9-4-3-8-22(23)37)16-21(30)17-31(38(2,33)34)20-6-5-7-20/h3-4,9-13,20-21,32H,5-8,14-17H2,1-2H3/t21-,24?/m1/s1. The molecular formula is C25H32F3N3O5S3. The van der Waals surface area contributed by atoms with Gasteiger partial charge in [0.25, 0.3) is 0 Å². The highest BCUT2D eigenvalue weighted by atomic mass is 32.2. The Bertz CT molecular complexity index is 1370. The molecule has 0 radical (unpaired) electrons. The second kappa shape index (κ2) is 10.9. The quantitative estimate of drug-likeness (QED) is 0.453. The van der Waals surface area contributed by atoms with Crippen LogP contribution < -0.4 is 4.90 Å². The van der Waals surface area contributed by atoms with Crippen molar-refractivity contribution >= 4 is 42.8 Å². The molecule has 4 rings (SSSR count). The summed E-state index contributed by atoms with van der Waals surface area (Å²) in [4.78, 5) is 2.17. The lowest BCUT2D eigenvalue weighted by atomic mass is 9.92. The van der Waals surface area contributed by atoms with Gasteiger partial charge in [0, 0.05) is 49.2 Å². The first-order valence-electron chi connectivity index (χ1n) is 12.6. The number of anilines is 1. The van der Waals surface area contributed by atoms with Gasteiger partial charge < -0.3 is 10.0 Å². The Morgan fingerprint density at radius 1 is 1.10 bits per heavy atom. The van der Waals surface area contributed by atoms with Crippen LogP contribution >= 0.6 is 12.2 Å². The molecule has 1 saturated heterocycles. The Morgan fingerprint density at radius 3 is 2.26 bits per heavy atom. The van der Waals surface area contributed by atoms with Gasteiger partial charge in [-0.15, -0.1) is 0 Å². The predicted molar refractivity (Wildman–Crippen MR) is 147 cm³/mol. The summed E-state index contributed by atoms with van der Waals surface area (Å²) in [7, 11) is -7.56. The van der Waals surface area contributed by atoms with Gasteiger partial charge in [-0.3, -0.25) is 0 Å². The fraction of sp³-hybridized carbons (Fsp3) is 0.560.